The molecule has 1 aromatic carbocycles. The van der Waals surface area contributed by atoms with Gasteiger partial charge in [0.15, 0.2) is 0 Å². The highest BCUT2D eigenvalue weighted by atomic mass is 14.9. The average molecular weight is 259 g/mol. The highest BCUT2D eigenvalue weighted by Gasteiger charge is 2.23. The van der Waals surface area contributed by atoms with Crippen molar-refractivity contribution < 1.29 is 0 Å². The Labute approximate surface area is 118 Å². The molecule has 0 heterocycles. The normalized spacial score (nSPS) is 22.9. The first-order valence-electron chi connectivity index (χ1n) is 7.93. The van der Waals surface area contributed by atoms with Crippen molar-refractivity contribution in [3.05, 3.63) is 35.9 Å². The maximum atomic E-state index is 3.77. The van der Waals surface area contributed by atoms with E-state index in [2.05, 4.69) is 49.5 Å². The molecule has 1 aromatic rings. The molecule has 1 heteroatoms. The lowest BCUT2D eigenvalue weighted by molar-refractivity contribution is 0.310. The third kappa shape index (κ3) is 5.36. The molecule has 1 saturated carbocycles. The van der Waals surface area contributed by atoms with E-state index in [9.17, 15) is 0 Å². The fourth-order valence-electron chi connectivity index (χ4n) is 3.11. The summed E-state index contributed by atoms with van der Waals surface area (Å²) in [6.45, 7) is 6.01. The minimum Gasteiger partial charge on any atom is -0.314 e. The van der Waals surface area contributed by atoms with E-state index in [0.29, 0.717) is 5.41 Å². The van der Waals surface area contributed by atoms with Crippen LogP contribution in [-0.4, -0.2) is 12.6 Å². The lowest BCUT2D eigenvalue weighted by Gasteiger charge is -2.22. The van der Waals surface area contributed by atoms with Gasteiger partial charge >= 0.3 is 0 Å². The van der Waals surface area contributed by atoms with Gasteiger partial charge in [0.2, 0.25) is 0 Å². The van der Waals surface area contributed by atoms with Crippen LogP contribution in [0.2, 0.25) is 0 Å². The first-order chi connectivity index (χ1) is 9.16. The van der Waals surface area contributed by atoms with Crippen LogP contribution in [0.25, 0.3) is 0 Å². The molecule has 1 fully saturated rings. The Bertz CT molecular complexity index is 355. The van der Waals surface area contributed by atoms with Gasteiger partial charge in [0, 0.05) is 6.04 Å². The summed E-state index contributed by atoms with van der Waals surface area (Å²) < 4.78 is 0. The zero-order valence-corrected chi connectivity index (χ0v) is 12.6. The smallest absolute Gasteiger partial charge is 0.00672 e. The summed E-state index contributed by atoms with van der Waals surface area (Å²) >= 11 is 0. The third-order valence-corrected chi connectivity index (χ3v) is 4.49. The zero-order valence-electron chi connectivity index (χ0n) is 12.6. The molecule has 2 rings (SSSR count). The topological polar surface area (TPSA) is 12.0 Å². The number of nitrogens with one attached hydrogen (secondary N) is 1. The molecule has 1 atom stereocenters. The van der Waals surface area contributed by atoms with E-state index in [1.807, 2.05) is 0 Å². The van der Waals surface area contributed by atoms with Gasteiger partial charge in [0.1, 0.15) is 0 Å². The van der Waals surface area contributed by atoms with Crippen LogP contribution < -0.4 is 5.32 Å². The Hall–Kier alpha value is -0.820. The molecule has 1 unspecified atom stereocenters. The Balaban J connectivity index is 1.63. The molecule has 1 aliphatic rings. The maximum absolute atomic E-state index is 3.77. The van der Waals surface area contributed by atoms with Gasteiger partial charge in [-0.25, -0.2) is 0 Å². The van der Waals surface area contributed by atoms with Crippen molar-refractivity contribution in [1.82, 2.24) is 5.32 Å². The molecule has 1 nitrogen and oxygen atoms in total. The number of rotatable bonds is 5. The molecule has 1 N–H and O–H groups in total. The standard InChI is InChI=1S/C18H29N/c1-18(2)13-6-11-17(12-14-18)19-15-7-10-16-8-4-3-5-9-16/h3-5,8-9,17,19H,6-7,10-15H2,1-2H3. The molecule has 0 bridgehead atoms. The predicted octanol–water partition coefficient (Wildman–Crippen LogP) is 4.57. The monoisotopic (exact) mass is 259 g/mol. The number of aryl methyl sites for hydroxylation is 1. The van der Waals surface area contributed by atoms with E-state index in [-0.39, 0.29) is 0 Å². The van der Waals surface area contributed by atoms with Crippen LogP contribution in [0.1, 0.15) is 57.9 Å². The summed E-state index contributed by atoms with van der Waals surface area (Å²) in [4.78, 5) is 0. The summed E-state index contributed by atoms with van der Waals surface area (Å²) in [7, 11) is 0. The minimum atomic E-state index is 0.570. The van der Waals surface area contributed by atoms with Gasteiger partial charge < -0.3 is 5.32 Å². The van der Waals surface area contributed by atoms with Crippen molar-refractivity contribution in [2.75, 3.05) is 6.54 Å². The number of hydrogen-bond donors (Lipinski definition) is 1. The summed E-state index contributed by atoms with van der Waals surface area (Å²) in [5.41, 5.74) is 2.03. The quantitative estimate of drug-likeness (QED) is 0.603. The Morgan fingerprint density at radius 1 is 1.11 bits per heavy atom. The fraction of sp³-hybridized carbons (Fsp3) is 0.667. The van der Waals surface area contributed by atoms with Gasteiger partial charge in [0.05, 0.1) is 0 Å². The van der Waals surface area contributed by atoms with Crippen molar-refractivity contribution in [3.8, 4) is 0 Å². The van der Waals surface area contributed by atoms with Crippen LogP contribution in [0.15, 0.2) is 30.3 Å². The Kier molecular flexibility index (Phi) is 5.45. The molecule has 0 amide bonds. The van der Waals surface area contributed by atoms with E-state index < -0.39 is 0 Å². The van der Waals surface area contributed by atoms with E-state index in [1.165, 1.54) is 57.1 Å². The molecule has 1 aliphatic carbocycles. The molecule has 0 aliphatic heterocycles. The van der Waals surface area contributed by atoms with Crippen LogP contribution in [0.3, 0.4) is 0 Å². The molecule has 0 saturated heterocycles. The zero-order chi connectivity index (χ0) is 13.6. The summed E-state index contributed by atoms with van der Waals surface area (Å²) in [6.07, 6.45) is 9.35. The van der Waals surface area contributed by atoms with Crippen LogP contribution in [-0.2, 0) is 6.42 Å². The van der Waals surface area contributed by atoms with Crippen LogP contribution in [0, 0.1) is 5.41 Å². The fourth-order valence-corrected chi connectivity index (χ4v) is 3.11. The molecule has 0 radical (unpaired) electrons. The first-order valence-corrected chi connectivity index (χ1v) is 7.93. The van der Waals surface area contributed by atoms with Crippen molar-refractivity contribution >= 4 is 0 Å². The van der Waals surface area contributed by atoms with Crippen LogP contribution >= 0.6 is 0 Å². The minimum absolute atomic E-state index is 0.570. The van der Waals surface area contributed by atoms with E-state index >= 15 is 0 Å². The van der Waals surface area contributed by atoms with Crippen molar-refractivity contribution in [2.45, 2.75) is 64.8 Å². The lowest BCUT2D eigenvalue weighted by Crippen LogP contribution is -2.29. The Morgan fingerprint density at radius 3 is 2.68 bits per heavy atom. The second-order valence-electron chi connectivity index (χ2n) is 6.84. The van der Waals surface area contributed by atoms with Gasteiger partial charge in [-0.15, -0.1) is 0 Å². The number of hydrogen-bond acceptors (Lipinski definition) is 1. The molecule has 0 aromatic heterocycles. The largest absolute Gasteiger partial charge is 0.314 e. The van der Waals surface area contributed by atoms with Gasteiger partial charge in [-0.2, -0.15) is 0 Å². The first kappa shape index (κ1) is 14.6. The van der Waals surface area contributed by atoms with Gasteiger partial charge in [-0.05, 0) is 56.0 Å². The van der Waals surface area contributed by atoms with Crippen LogP contribution in [0.4, 0.5) is 0 Å². The van der Waals surface area contributed by atoms with E-state index in [1.54, 1.807) is 0 Å². The Morgan fingerprint density at radius 2 is 1.89 bits per heavy atom. The second kappa shape index (κ2) is 7.09. The maximum Gasteiger partial charge on any atom is 0.00672 e. The molecule has 19 heavy (non-hydrogen) atoms. The SMILES string of the molecule is CC1(C)CCCC(NCCCc2ccccc2)CC1. The number of benzene rings is 1. The van der Waals surface area contributed by atoms with Crippen LogP contribution in [0.5, 0.6) is 0 Å². The lowest BCUT2D eigenvalue weighted by atomic mass is 9.85. The van der Waals surface area contributed by atoms with Gasteiger partial charge in [-0.1, -0.05) is 50.6 Å². The summed E-state index contributed by atoms with van der Waals surface area (Å²) in [5, 5.41) is 3.77. The molecule has 0 spiro atoms. The van der Waals surface area contributed by atoms with Crippen molar-refractivity contribution in [1.29, 1.82) is 0 Å². The highest BCUT2D eigenvalue weighted by Crippen LogP contribution is 2.33. The van der Waals surface area contributed by atoms with Crippen molar-refractivity contribution in [3.63, 3.8) is 0 Å². The second-order valence-corrected chi connectivity index (χ2v) is 6.84. The molecular formula is C18H29N. The van der Waals surface area contributed by atoms with Gasteiger partial charge in [-0.3, -0.25) is 0 Å². The van der Waals surface area contributed by atoms with E-state index in [4.69, 9.17) is 0 Å². The highest BCUT2D eigenvalue weighted by molar-refractivity contribution is 5.14. The van der Waals surface area contributed by atoms with E-state index in [0.717, 1.165) is 6.04 Å². The summed E-state index contributed by atoms with van der Waals surface area (Å²) in [5.74, 6) is 0. The third-order valence-electron chi connectivity index (χ3n) is 4.49. The molecule has 106 valence electrons. The summed E-state index contributed by atoms with van der Waals surface area (Å²) in [6, 6.07) is 11.6. The van der Waals surface area contributed by atoms with Gasteiger partial charge in [0.25, 0.3) is 0 Å². The van der Waals surface area contributed by atoms with Crippen molar-refractivity contribution in [2.24, 2.45) is 5.41 Å². The molecular weight excluding hydrogens is 230 g/mol. The average Bonchev–Trinajstić information content (AvgIpc) is 2.57. The predicted molar refractivity (Wildman–Crippen MR) is 83.4 cm³/mol.